The number of benzene rings is 1. The van der Waals surface area contributed by atoms with Crippen LogP contribution in [0.1, 0.15) is 43.5 Å². The number of amides is 2. The van der Waals surface area contributed by atoms with Crippen LogP contribution in [0.4, 0.5) is 15.8 Å². The molecule has 3 aromatic rings. The van der Waals surface area contributed by atoms with E-state index in [-0.39, 0.29) is 23.9 Å². The standard InChI is InChI=1S/C29H31Cl2FN8O2/c1-16-21(32)4-6-25(22-11-18(7-9-35-22)28-23(37-29(16)42)14-36-38(28)2)39-10-8-17(12-27(39)41)20-13-19(30)3-5-24(20)40(34)15-26(31)33/h3,5,7,9,11-16,21,25H,4,6,8,10,33-34H2,1-2H3,(H,37,42)/b26-15-. The Morgan fingerprint density at radius 2 is 2.02 bits per heavy atom. The van der Waals surface area contributed by atoms with E-state index in [1.54, 1.807) is 60.2 Å². The molecule has 3 unspecified atom stereocenters. The average Bonchev–Trinajstić information content (AvgIpc) is 3.31. The summed E-state index contributed by atoms with van der Waals surface area (Å²) < 4.78 is 17.0. The summed E-state index contributed by atoms with van der Waals surface area (Å²) in [6, 6.07) is 8.30. The van der Waals surface area contributed by atoms with E-state index in [4.69, 9.17) is 34.8 Å². The van der Waals surface area contributed by atoms with Crippen LogP contribution in [0.15, 0.2) is 60.2 Å². The highest BCUT2D eigenvalue weighted by Gasteiger charge is 2.33. The lowest BCUT2D eigenvalue weighted by molar-refractivity contribution is -0.129. The first-order valence-electron chi connectivity index (χ1n) is 13.4. The molecule has 1 aromatic carbocycles. The van der Waals surface area contributed by atoms with Gasteiger partial charge in [0, 0.05) is 42.0 Å². The number of alkyl halides is 1. The van der Waals surface area contributed by atoms with Crippen LogP contribution in [-0.4, -0.2) is 44.2 Å². The van der Waals surface area contributed by atoms with Crippen molar-refractivity contribution in [2.24, 2.45) is 24.5 Å². The number of carbonyl (C=O) groups excluding carboxylic acids is 2. The fourth-order valence-electron chi connectivity index (χ4n) is 5.46. The first-order valence-corrected chi connectivity index (χ1v) is 14.2. The van der Waals surface area contributed by atoms with Gasteiger partial charge in [0.25, 0.3) is 0 Å². The number of aromatic nitrogens is 3. The summed E-state index contributed by atoms with van der Waals surface area (Å²) in [5.74, 6) is 4.58. The molecule has 4 heterocycles. The van der Waals surface area contributed by atoms with Crippen LogP contribution in [0.2, 0.25) is 5.02 Å². The number of anilines is 2. The molecule has 0 saturated carbocycles. The van der Waals surface area contributed by atoms with E-state index in [0.29, 0.717) is 46.3 Å². The number of hydrogen-bond acceptors (Lipinski definition) is 7. The van der Waals surface area contributed by atoms with Crippen LogP contribution >= 0.6 is 23.2 Å². The number of hydrogen-bond donors (Lipinski definition) is 3. The molecule has 2 aromatic heterocycles. The maximum Gasteiger partial charge on any atom is 0.247 e. The van der Waals surface area contributed by atoms with Gasteiger partial charge >= 0.3 is 0 Å². The van der Waals surface area contributed by atoms with Gasteiger partial charge in [-0.25, -0.2) is 10.2 Å². The number of nitrogens with one attached hydrogen (secondary N) is 1. The molecule has 2 aliphatic rings. The molecule has 42 heavy (non-hydrogen) atoms. The second-order valence-corrected chi connectivity index (χ2v) is 11.3. The molecular weight excluding hydrogens is 582 g/mol. The molecular formula is C29H31Cl2FN8O2. The van der Waals surface area contributed by atoms with Gasteiger partial charge in [-0.2, -0.15) is 5.10 Å². The third-order valence-corrected chi connectivity index (χ3v) is 8.02. The number of nitrogens with zero attached hydrogens (tertiary/aromatic N) is 5. The Morgan fingerprint density at radius 1 is 1.24 bits per heavy atom. The first kappa shape index (κ1) is 29.6. The molecule has 10 nitrogen and oxygen atoms in total. The van der Waals surface area contributed by atoms with Crippen LogP contribution in [0.25, 0.3) is 16.8 Å². The SMILES string of the molecule is CC1C(=O)Nc2cnn(C)c2-c2ccnc(c2)C(N2CCC(c3cc(Cl)ccc3N(N)/C=C(\N)Cl)=CC2=O)CCC1F. The molecule has 220 valence electrons. The molecule has 0 saturated heterocycles. The monoisotopic (exact) mass is 612 g/mol. The second-order valence-electron chi connectivity index (χ2n) is 10.4. The van der Waals surface area contributed by atoms with Gasteiger partial charge < -0.3 is 16.0 Å². The van der Waals surface area contributed by atoms with Gasteiger partial charge in [0.05, 0.1) is 47.1 Å². The number of aryl methyl sites for hydroxylation is 1. The van der Waals surface area contributed by atoms with E-state index in [1.807, 2.05) is 12.1 Å². The molecule has 3 atom stereocenters. The van der Waals surface area contributed by atoms with E-state index in [0.717, 1.165) is 11.1 Å². The molecule has 13 heteroatoms. The normalized spacial score (nSPS) is 21.6. The van der Waals surface area contributed by atoms with Crippen LogP contribution < -0.4 is 21.9 Å². The van der Waals surface area contributed by atoms with E-state index in [9.17, 15) is 9.59 Å². The molecule has 0 fully saturated rings. The summed E-state index contributed by atoms with van der Waals surface area (Å²) in [6.45, 7) is 1.90. The maximum atomic E-state index is 15.4. The third-order valence-electron chi connectivity index (χ3n) is 7.69. The van der Waals surface area contributed by atoms with Gasteiger partial charge in [0.2, 0.25) is 11.8 Å². The maximum absolute atomic E-state index is 15.4. The topological polar surface area (TPSA) is 135 Å². The van der Waals surface area contributed by atoms with Gasteiger partial charge in [0.15, 0.2) is 0 Å². The Balaban J connectivity index is 1.53. The van der Waals surface area contributed by atoms with E-state index >= 15 is 4.39 Å². The summed E-state index contributed by atoms with van der Waals surface area (Å²) >= 11 is 12.1. The zero-order chi connectivity index (χ0) is 30.1. The summed E-state index contributed by atoms with van der Waals surface area (Å²) in [7, 11) is 1.76. The summed E-state index contributed by atoms with van der Waals surface area (Å²) in [5.41, 5.74) is 10.1. The highest BCUT2D eigenvalue weighted by Crippen LogP contribution is 2.38. The molecule has 2 amide bonds. The van der Waals surface area contributed by atoms with Gasteiger partial charge in [-0.05, 0) is 55.2 Å². The predicted molar refractivity (Wildman–Crippen MR) is 162 cm³/mol. The highest BCUT2D eigenvalue weighted by atomic mass is 35.5. The molecule has 0 radical (unpaired) electrons. The molecule has 0 aliphatic carbocycles. The molecule has 5 N–H and O–H groups in total. The average molecular weight is 614 g/mol. The fraction of sp³-hybridized carbons (Fsp3) is 0.310. The Morgan fingerprint density at radius 3 is 2.76 bits per heavy atom. The summed E-state index contributed by atoms with van der Waals surface area (Å²) in [5, 5.41) is 8.86. The zero-order valence-corrected chi connectivity index (χ0v) is 24.6. The lowest BCUT2D eigenvalue weighted by Crippen LogP contribution is -2.38. The van der Waals surface area contributed by atoms with Crippen LogP contribution in [0.5, 0.6) is 0 Å². The van der Waals surface area contributed by atoms with Crippen LogP contribution in [0.3, 0.4) is 0 Å². The van der Waals surface area contributed by atoms with Crippen molar-refractivity contribution >= 4 is 52.0 Å². The molecule has 0 spiro atoms. The van der Waals surface area contributed by atoms with Crippen molar-refractivity contribution in [1.29, 1.82) is 0 Å². The van der Waals surface area contributed by atoms with Crippen molar-refractivity contribution in [3.63, 3.8) is 0 Å². The largest absolute Gasteiger partial charge is 0.388 e. The summed E-state index contributed by atoms with van der Waals surface area (Å²) in [4.78, 5) is 32.9. The minimum absolute atomic E-state index is 0.00767. The number of rotatable bonds is 4. The number of carbonyl (C=O) groups is 2. The van der Waals surface area contributed by atoms with Gasteiger partial charge in [-0.15, -0.1) is 0 Å². The van der Waals surface area contributed by atoms with E-state index in [1.165, 1.54) is 11.2 Å². The van der Waals surface area contributed by atoms with Crippen molar-refractivity contribution in [2.45, 2.75) is 38.4 Å². The van der Waals surface area contributed by atoms with Crippen molar-refractivity contribution in [2.75, 3.05) is 16.9 Å². The smallest absolute Gasteiger partial charge is 0.247 e. The van der Waals surface area contributed by atoms with Gasteiger partial charge in [-0.1, -0.05) is 30.1 Å². The Bertz CT molecular complexity index is 1590. The first-order chi connectivity index (χ1) is 20.0. The van der Waals surface area contributed by atoms with Crippen LogP contribution in [-0.2, 0) is 16.6 Å². The lowest BCUT2D eigenvalue weighted by atomic mass is 9.92. The van der Waals surface area contributed by atoms with Crippen molar-refractivity contribution < 1.29 is 14.0 Å². The van der Waals surface area contributed by atoms with Crippen molar-refractivity contribution in [3.8, 4) is 11.3 Å². The number of halogens is 3. The number of fused-ring (bicyclic) bond motifs is 4. The van der Waals surface area contributed by atoms with Crippen LogP contribution in [0, 0.1) is 5.92 Å². The summed E-state index contributed by atoms with van der Waals surface area (Å²) in [6.07, 6.45) is 5.50. The van der Waals surface area contributed by atoms with E-state index < -0.39 is 24.0 Å². The Hall–Kier alpha value is -3.93. The third kappa shape index (κ3) is 5.99. The minimum Gasteiger partial charge on any atom is -0.388 e. The van der Waals surface area contributed by atoms with Gasteiger partial charge in [0.1, 0.15) is 11.3 Å². The molecule has 2 bridgehead atoms. The predicted octanol–water partition coefficient (Wildman–Crippen LogP) is 4.88. The Kier molecular flexibility index (Phi) is 8.53. The Labute approximate surface area is 252 Å². The quantitative estimate of drug-likeness (QED) is 0.217. The number of nitrogens with two attached hydrogens (primary N) is 2. The van der Waals surface area contributed by atoms with Crippen molar-refractivity contribution in [1.82, 2.24) is 19.7 Å². The van der Waals surface area contributed by atoms with Crippen molar-refractivity contribution in [3.05, 3.63) is 76.4 Å². The lowest BCUT2D eigenvalue weighted by Gasteiger charge is -2.35. The molecule has 2 aliphatic heterocycles. The minimum atomic E-state index is -1.42. The van der Waals surface area contributed by atoms with E-state index in [2.05, 4.69) is 15.4 Å². The van der Waals surface area contributed by atoms with Gasteiger partial charge in [-0.3, -0.25) is 24.3 Å². The highest BCUT2D eigenvalue weighted by molar-refractivity contribution is 6.31. The zero-order valence-electron chi connectivity index (χ0n) is 23.1. The number of hydrazine groups is 1. The second kappa shape index (κ2) is 12.1. The number of pyridine rings is 1. The fourth-order valence-corrected chi connectivity index (χ4v) is 5.74. The molecule has 5 rings (SSSR count).